The third-order valence-corrected chi connectivity index (χ3v) is 4.56. The summed E-state index contributed by atoms with van der Waals surface area (Å²) in [4.78, 5) is 25.0. The lowest BCUT2D eigenvalue weighted by molar-refractivity contribution is -0.142. The maximum Gasteiger partial charge on any atom is 0.317 e. The number of aliphatic carboxylic acids is 1. The number of carboxylic acids is 1. The van der Waals surface area contributed by atoms with Crippen molar-refractivity contribution in [2.24, 2.45) is 5.92 Å². The summed E-state index contributed by atoms with van der Waals surface area (Å²) in [6.07, 6.45) is 2.55. The highest BCUT2D eigenvalue weighted by Gasteiger charge is 2.27. The first-order chi connectivity index (χ1) is 11.5. The van der Waals surface area contributed by atoms with Gasteiger partial charge in [-0.05, 0) is 38.2 Å². The first kappa shape index (κ1) is 18.3. The molecule has 0 atom stereocenters. The monoisotopic (exact) mass is 334 g/mol. The van der Waals surface area contributed by atoms with Crippen molar-refractivity contribution in [2.45, 2.75) is 45.2 Å². The molecule has 2 rings (SSSR count). The van der Waals surface area contributed by atoms with Gasteiger partial charge in [-0.2, -0.15) is 0 Å². The van der Waals surface area contributed by atoms with Crippen LogP contribution in [0.15, 0.2) is 24.3 Å². The lowest BCUT2D eigenvalue weighted by Crippen LogP contribution is -2.46. The van der Waals surface area contributed by atoms with Gasteiger partial charge in [0.1, 0.15) is 0 Å². The van der Waals surface area contributed by atoms with Crippen LogP contribution in [0.4, 0.5) is 4.79 Å². The molecule has 1 aromatic rings. The fourth-order valence-electron chi connectivity index (χ4n) is 3.04. The number of carbonyl (C=O) groups excluding carboxylic acids is 1. The summed E-state index contributed by atoms with van der Waals surface area (Å²) < 4.78 is 0. The Morgan fingerprint density at radius 1 is 1.17 bits per heavy atom. The van der Waals surface area contributed by atoms with E-state index < -0.39 is 5.97 Å². The van der Waals surface area contributed by atoms with Gasteiger partial charge in [0.15, 0.2) is 0 Å². The zero-order valence-electron chi connectivity index (χ0n) is 14.1. The maximum absolute atomic E-state index is 12.5. The first-order valence-corrected chi connectivity index (χ1v) is 8.44. The Morgan fingerprint density at radius 2 is 1.79 bits per heavy atom. The van der Waals surface area contributed by atoms with Crippen molar-refractivity contribution in [1.82, 2.24) is 10.2 Å². The Morgan fingerprint density at radius 3 is 2.33 bits per heavy atom. The van der Waals surface area contributed by atoms with E-state index in [4.69, 9.17) is 5.11 Å². The standard InChI is InChI=1S/C18H26N2O4/c1-13-2-4-14(5-3-13)12-20(10-11-21)18(24)19-16-8-6-15(7-9-16)17(22)23/h2-5,15-16,21H,6-12H2,1H3,(H,19,24)(H,22,23). The molecule has 1 aromatic carbocycles. The Kier molecular flexibility index (Phi) is 6.61. The van der Waals surface area contributed by atoms with Crippen LogP contribution in [0.25, 0.3) is 0 Å². The molecule has 0 heterocycles. The van der Waals surface area contributed by atoms with E-state index in [1.165, 1.54) is 0 Å². The number of rotatable bonds is 6. The van der Waals surface area contributed by atoms with Crippen molar-refractivity contribution in [3.63, 3.8) is 0 Å². The number of hydrogen-bond donors (Lipinski definition) is 3. The molecule has 0 aromatic heterocycles. The third kappa shape index (κ3) is 5.23. The van der Waals surface area contributed by atoms with E-state index in [2.05, 4.69) is 5.32 Å². The van der Waals surface area contributed by atoms with E-state index in [1.54, 1.807) is 4.90 Å². The Labute approximate surface area is 142 Å². The normalized spacial score (nSPS) is 20.4. The van der Waals surface area contributed by atoms with Crippen molar-refractivity contribution in [1.29, 1.82) is 0 Å². The van der Waals surface area contributed by atoms with Crippen molar-refractivity contribution in [2.75, 3.05) is 13.2 Å². The average Bonchev–Trinajstić information content (AvgIpc) is 2.57. The van der Waals surface area contributed by atoms with Crippen LogP contribution in [0, 0.1) is 12.8 Å². The number of urea groups is 1. The van der Waals surface area contributed by atoms with Gasteiger partial charge in [0.2, 0.25) is 0 Å². The number of nitrogens with one attached hydrogen (secondary N) is 1. The van der Waals surface area contributed by atoms with Crippen LogP contribution in [0.2, 0.25) is 0 Å². The maximum atomic E-state index is 12.5. The summed E-state index contributed by atoms with van der Waals surface area (Å²) in [5.41, 5.74) is 2.17. The Bertz CT molecular complexity index is 551. The number of aliphatic hydroxyl groups is 1. The van der Waals surface area contributed by atoms with Crippen LogP contribution in [0.3, 0.4) is 0 Å². The van der Waals surface area contributed by atoms with Gasteiger partial charge in [-0.25, -0.2) is 4.79 Å². The summed E-state index contributed by atoms with van der Waals surface area (Å²) >= 11 is 0. The minimum Gasteiger partial charge on any atom is -0.481 e. The van der Waals surface area contributed by atoms with Gasteiger partial charge in [0.05, 0.1) is 12.5 Å². The number of carboxylic acid groups (broad SMARTS) is 1. The molecular formula is C18H26N2O4. The topological polar surface area (TPSA) is 89.9 Å². The molecule has 0 spiro atoms. The molecule has 6 nitrogen and oxygen atoms in total. The molecule has 0 saturated heterocycles. The van der Waals surface area contributed by atoms with Crippen LogP contribution in [0.1, 0.15) is 36.8 Å². The summed E-state index contributed by atoms with van der Waals surface area (Å²) in [5.74, 6) is -1.04. The molecule has 0 bridgehead atoms. The van der Waals surface area contributed by atoms with Crippen molar-refractivity contribution >= 4 is 12.0 Å². The van der Waals surface area contributed by atoms with E-state index in [0.29, 0.717) is 32.2 Å². The first-order valence-electron chi connectivity index (χ1n) is 8.44. The molecule has 3 N–H and O–H groups in total. The van der Waals surface area contributed by atoms with Gasteiger partial charge in [-0.1, -0.05) is 29.8 Å². The second-order valence-corrected chi connectivity index (χ2v) is 6.47. The minimum absolute atomic E-state index is 0.00677. The second kappa shape index (κ2) is 8.68. The predicted molar refractivity (Wildman–Crippen MR) is 90.6 cm³/mol. The highest BCUT2D eigenvalue weighted by Crippen LogP contribution is 2.24. The number of aliphatic hydroxyl groups excluding tert-OH is 1. The highest BCUT2D eigenvalue weighted by atomic mass is 16.4. The molecule has 0 unspecified atom stereocenters. The number of benzene rings is 1. The van der Waals surface area contributed by atoms with Crippen molar-refractivity contribution in [3.05, 3.63) is 35.4 Å². The molecule has 1 aliphatic rings. The number of nitrogens with zero attached hydrogens (tertiary/aromatic N) is 1. The fraction of sp³-hybridized carbons (Fsp3) is 0.556. The van der Waals surface area contributed by atoms with Gasteiger partial charge in [-0.3, -0.25) is 4.79 Å². The number of hydrogen-bond acceptors (Lipinski definition) is 3. The number of carbonyl (C=O) groups is 2. The van der Waals surface area contributed by atoms with Gasteiger partial charge in [0, 0.05) is 19.1 Å². The van der Waals surface area contributed by atoms with Gasteiger partial charge < -0.3 is 20.4 Å². The minimum atomic E-state index is -0.749. The molecule has 0 aliphatic heterocycles. The molecule has 1 fully saturated rings. The lowest BCUT2D eigenvalue weighted by Gasteiger charge is -2.30. The largest absolute Gasteiger partial charge is 0.481 e. The van der Waals surface area contributed by atoms with Crippen LogP contribution < -0.4 is 5.32 Å². The molecule has 2 amide bonds. The summed E-state index contributed by atoms with van der Waals surface area (Å²) in [6, 6.07) is 7.75. The lowest BCUT2D eigenvalue weighted by atomic mass is 9.86. The van der Waals surface area contributed by atoms with E-state index in [9.17, 15) is 14.7 Å². The smallest absolute Gasteiger partial charge is 0.317 e. The van der Waals surface area contributed by atoms with Crippen LogP contribution in [-0.4, -0.2) is 46.3 Å². The molecule has 6 heteroatoms. The fourth-order valence-corrected chi connectivity index (χ4v) is 3.04. The predicted octanol–water partition coefficient (Wildman–Crippen LogP) is 2.14. The molecule has 1 aliphatic carbocycles. The third-order valence-electron chi connectivity index (χ3n) is 4.56. The quantitative estimate of drug-likeness (QED) is 0.743. The zero-order valence-corrected chi connectivity index (χ0v) is 14.1. The Hall–Kier alpha value is -2.08. The summed E-state index contributed by atoms with van der Waals surface area (Å²) in [6.45, 7) is 2.63. The number of aryl methyl sites for hydroxylation is 1. The van der Waals surface area contributed by atoms with E-state index >= 15 is 0 Å². The number of amides is 2. The Balaban J connectivity index is 1.89. The van der Waals surface area contributed by atoms with E-state index in [-0.39, 0.29) is 31.1 Å². The van der Waals surface area contributed by atoms with Crippen molar-refractivity contribution in [3.8, 4) is 0 Å². The van der Waals surface area contributed by atoms with E-state index in [1.807, 2.05) is 31.2 Å². The van der Waals surface area contributed by atoms with Gasteiger partial charge in [-0.15, -0.1) is 0 Å². The second-order valence-electron chi connectivity index (χ2n) is 6.47. The molecule has 1 saturated carbocycles. The summed E-state index contributed by atoms with van der Waals surface area (Å²) in [7, 11) is 0. The molecule has 132 valence electrons. The van der Waals surface area contributed by atoms with Crippen LogP contribution >= 0.6 is 0 Å². The SMILES string of the molecule is Cc1ccc(CN(CCO)C(=O)NC2CCC(C(=O)O)CC2)cc1. The van der Waals surface area contributed by atoms with Gasteiger partial charge in [0.25, 0.3) is 0 Å². The average molecular weight is 334 g/mol. The van der Waals surface area contributed by atoms with Crippen LogP contribution in [-0.2, 0) is 11.3 Å². The van der Waals surface area contributed by atoms with E-state index in [0.717, 1.165) is 11.1 Å². The van der Waals surface area contributed by atoms with Crippen LogP contribution in [0.5, 0.6) is 0 Å². The summed E-state index contributed by atoms with van der Waals surface area (Å²) in [5, 5.41) is 21.2. The van der Waals surface area contributed by atoms with Crippen molar-refractivity contribution < 1.29 is 19.8 Å². The molecular weight excluding hydrogens is 308 g/mol. The zero-order chi connectivity index (χ0) is 17.5. The molecule has 0 radical (unpaired) electrons. The van der Waals surface area contributed by atoms with Gasteiger partial charge >= 0.3 is 12.0 Å². The molecule has 24 heavy (non-hydrogen) atoms. The highest BCUT2D eigenvalue weighted by molar-refractivity contribution is 5.74.